The number of unbranched alkanes of at least 4 members (excludes halogenated alkanes) is 1. The quantitative estimate of drug-likeness (QED) is 0.639. The molecule has 120 valence electrons. The Kier molecular flexibility index (Phi) is 8.08. The van der Waals surface area contributed by atoms with E-state index in [1.165, 1.54) is 45.3 Å². The maximum Gasteiger partial charge on any atom is 0.0610 e. The molecule has 1 aliphatic heterocycles. The number of hydrogen-bond donors (Lipinski definition) is 2. The minimum Gasteiger partial charge on any atom is -0.394 e. The average molecular weight is 284 g/mol. The van der Waals surface area contributed by atoms with Crippen LogP contribution in [0.5, 0.6) is 0 Å². The smallest absolute Gasteiger partial charge is 0.0610 e. The zero-order valence-corrected chi connectivity index (χ0v) is 14.1. The van der Waals surface area contributed by atoms with Crippen LogP contribution in [-0.4, -0.2) is 48.3 Å². The second-order valence-electron chi connectivity index (χ2n) is 7.13. The van der Waals surface area contributed by atoms with Gasteiger partial charge >= 0.3 is 0 Å². The molecule has 1 saturated heterocycles. The highest BCUT2D eigenvalue weighted by atomic mass is 16.3. The number of aliphatic hydroxyl groups excluding tert-OH is 1. The Labute approximate surface area is 126 Å². The highest BCUT2D eigenvalue weighted by Crippen LogP contribution is 2.24. The van der Waals surface area contributed by atoms with Crippen LogP contribution in [0.1, 0.15) is 59.8 Å². The lowest BCUT2D eigenvalue weighted by Crippen LogP contribution is -2.45. The van der Waals surface area contributed by atoms with E-state index < -0.39 is 0 Å². The Bertz CT molecular complexity index is 249. The summed E-state index contributed by atoms with van der Waals surface area (Å²) in [6, 6.07) is 0. The molecule has 0 radical (unpaired) electrons. The van der Waals surface area contributed by atoms with Crippen LogP contribution in [0.25, 0.3) is 0 Å². The van der Waals surface area contributed by atoms with Gasteiger partial charge in [0.15, 0.2) is 0 Å². The van der Waals surface area contributed by atoms with Gasteiger partial charge in [-0.2, -0.15) is 0 Å². The number of nitrogens with zero attached hydrogens (tertiary/aromatic N) is 1. The molecule has 1 atom stereocenters. The van der Waals surface area contributed by atoms with Crippen molar-refractivity contribution in [3.63, 3.8) is 0 Å². The van der Waals surface area contributed by atoms with E-state index in [0.717, 1.165) is 24.8 Å². The second kappa shape index (κ2) is 9.01. The van der Waals surface area contributed by atoms with Crippen molar-refractivity contribution in [1.82, 2.24) is 10.2 Å². The molecule has 20 heavy (non-hydrogen) atoms. The first kappa shape index (κ1) is 17.9. The number of likely N-dealkylation sites (tertiary alicyclic amines) is 1. The molecule has 0 aromatic rings. The third kappa shape index (κ3) is 6.11. The first-order valence-electron chi connectivity index (χ1n) is 8.59. The number of hydrogen-bond acceptors (Lipinski definition) is 3. The van der Waals surface area contributed by atoms with Gasteiger partial charge in [-0.25, -0.2) is 0 Å². The van der Waals surface area contributed by atoms with Crippen molar-refractivity contribution in [2.24, 2.45) is 11.8 Å². The van der Waals surface area contributed by atoms with Crippen molar-refractivity contribution in [1.29, 1.82) is 0 Å². The normalized spacial score (nSPS) is 21.3. The molecule has 0 amide bonds. The van der Waals surface area contributed by atoms with E-state index in [1.54, 1.807) is 0 Å². The van der Waals surface area contributed by atoms with Crippen molar-refractivity contribution < 1.29 is 5.11 Å². The van der Waals surface area contributed by atoms with Gasteiger partial charge in [0, 0.05) is 5.54 Å². The summed E-state index contributed by atoms with van der Waals surface area (Å²) >= 11 is 0. The van der Waals surface area contributed by atoms with Crippen molar-refractivity contribution in [2.45, 2.75) is 65.3 Å². The molecule has 0 aromatic heterocycles. The number of rotatable bonds is 9. The standard InChI is InChI=1S/C17H36N2O/c1-5-18-17(4,14-20)10-6-7-11-19-12-8-16(9-13-19)15(2)3/h15-16,18,20H,5-14H2,1-4H3. The van der Waals surface area contributed by atoms with Gasteiger partial charge in [-0.15, -0.1) is 0 Å². The monoisotopic (exact) mass is 284 g/mol. The van der Waals surface area contributed by atoms with Crippen LogP contribution < -0.4 is 5.32 Å². The molecule has 1 fully saturated rings. The van der Waals surface area contributed by atoms with Gasteiger partial charge in [-0.3, -0.25) is 0 Å². The fraction of sp³-hybridized carbons (Fsp3) is 1.00. The summed E-state index contributed by atoms with van der Waals surface area (Å²) in [5, 5.41) is 12.9. The van der Waals surface area contributed by atoms with Crippen LogP contribution in [0.4, 0.5) is 0 Å². The molecule has 2 N–H and O–H groups in total. The topological polar surface area (TPSA) is 35.5 Å². The second-order valence-corrected chi connectivity index (χ2v) is 7.13. The lowest BCUT2D eigenvalue weighted by molar-refractivity contribution is 0.146. The van der Waals surface area contributed by atoms with Crippen LogP contribution in [-0.2, 0) is 0 Å². The Morgan fingerprint density at radius 3 is 2.40 bits per heavy atom. The van der Waals surface area contributed by atoms with Crippen LogP contribution in [0.15, 0.2) is 0 Å². The highest BCUT2D eigenvalue weighted by Gasteiger charge is 2.23. The minimum absolute atomic E-state index is 0.0839. The minimum atomic E-state index is -0.0839. The van der Waals surface area contributed by atoms with Gasteiger partial charge < -0.3 is 15.3 Å². The molecule has 1 aliphatic rings. The van der Waals surface area contributed by atoms with Gasteiger partial charge in [0.2, 0.25) is 0 Å². The lowest BCUT2D eigenvalue weighted by Gasteiger charge is -2.34. The molecule has 1 rings (SSSR count). The van der Waals surface area contributed by atoms with Crippen molar-refractivity contribution in [3.05, 3.63) is 0 Å². The number of piperidine rings is 1. The number of aliphatic hydroxyl groups is 1. The fourth-order valence-corrected chi connectivity index (χ4v) is 3.34. The molecule has 1 unspecified atom stereocenters. The first-order chi connectivity index (χ1) is 9.50. The Hall–Kier alpha value is -0.120. The average Bonchev–Trinajstić information content (AvgIpc) is 2.44. The summed E-state index contributed by atoms with van der Waals surface area (Å²) in [7, 11) is 0. The Morgan fingerprint density at radius 1 is 1.25 bits per heavy atom. The molecular formula is C17H36N2O. The van der Waals surface area contributed by atoms with E-state index in [9.17, 15) is 5.11 Å². The number of nitrogens with one attached hydrogen (secondary N) is 1. The first-order valence-corrected chi connectivity index (χ1v) is 8.59. The predicted octanol–water partition coefficient (Wildman–Crippen LogP) is 2.89. The summed E-state index contributed by atoms with van der Waals surface area (Å²) in [6.07, 6.45) is 6.29. The molecule has 0 aliphatic carbocycles. The Balaban J connectivity index is 2.13. The largest absolute Gasteiger partial charge is 0.394 e. The highest BCUT2D eigenvalue weighted by molar-refractivity contribution is 4.82. The molecule has 3 nitrogen and oxygen atoms in total. The van der Waals surface area contributed by atoms with Gasteiger partial charge in [-0.1, -0.05) is 27.2 Å². The number of likely N-dealkylation sites (N-methyl/N-ethyl adjacent to an activating group) is 1. The van der Waals surface area contributed by atoms with Crippen LogP contribution in [0.2, 0.25) is 0 Å². The van der Waals surface area contributed by atoms with Crippen LogP contribution >= 0.6 is 0 Å². The fourth-order valence-electron chi connectivity index (χ4n) is 3.34. The van der Waals surface area contributed by atoms with E-state index >= 15 is 0 Å². The van der Waals surface area contributed by atoms with Crippen molar-refractivity contribution >= 4 is 0 Å². The zero-order chi connectivity index (χ0) is 15.0. The maximum atomic E-state index is 9.47. The Morgan fingerprint density at radius 2 is 1.90 bits per heavy atom. The summed E-state index contributed by atoms with van der Waals surface area (Å²) < 4.78 is 0. The maximum absolute atomic E-state index is 9.47. The molecule has 1 heterocycles. The molecule has 3 heteroatoms. The summed E-state index contributed by atoms with van der Waals surface area (Å²) in [6.45, 7) is 13.9. The third-order valence-corrected chi connectivity index (χ3v) is 4.98. The molecule has 0 saturated carbocycles. The van der Waals surface area contributed by atoms with Gasteiger partial charge in [0.25, 0.3) is 0 Å². The van der Waals surface area contributed by atoms with Crippen molar-refractivity contribution in [3.8, 4) is 0 Å². The van der Waals surface area contributed by atoms with E-state index in [-0.39, 0.29) is 12.1 Å². The third-order valence-electron chi connectivity index (χ3n) is 4.98. The van der Waals surface area contributed by atoms with Gasteiger partial charge in [-0.05, 0) is 70.6 Å². The van der Waals surface area contributed by atoms with Gasteiger partial charge in [0.1, 0.15) is 0 Å². The molecule has 0 spiro atoms. The van der Waals surface area contributed by atoms with E-state index in [2.05, 4.69) is 37.9 Å². The molecule has 0 bridgehead atoms. The SMILES string of the molecule is CCNC(C)(CO)CCCCN1CCC(C(C)C)CC1. The van der Waals surface area contributed by atoms with Crippen molar-refractivity contribution in [2.75, 3.05) is 32.8 Å². The summed E-state index contributed by atoms with van der Waals surface area (Å²) in [5.74, 6) is 1.79. The molecule has 0 aromatic carbocycles. The van der Waals surface area contributed by atoms with E-state index in [1.807, 2.05) is 0 Å². The predicted molar refractivity (Wildman–Crippen MR) is 87.0 cm³/mol. The van der Waals surface area contributed by atoms with E-state index in [4.69, 9.17) is 0 Å². The zero-order valence-electron chi connectivity index (χ0n) is 14.1. The lowest BCUT2D eigenvalue weighted by atomic mass is 9.86. The molecular weight excluding hydrogens is 248 g/mol. The summed E-state index contributed by atoms with van der Waals surface area (Å²) in [4.78, 5) is 2.63. The van der Waals surface area contributed by atoms with Crippen LogP contribution in [0.3, 0.4) is 0 Å². The van der Waals surface area contributed by atoms with E-state index in [0.29, 0.717) is 0 Å². The van der Waals surface area contributed by atoms with Gasteiger partial charge in [0.05, 0.1) is 6.61 Å². The van der Waals surface area contributed by atoms with Crippen LogP contribution in [0, 0.1) is 11.8 Å². The summed E-state index contributed by atoms with van der Waals surface area (Å²) in [5.41, 5.74) is -0.0839.